The molecule has 17 heavy (non-hydrogen) atoms. The van der Waals surface area contributed by atoms with E-state index in [1.165, 1.54) is 0 Å². The van der Waals surface area contributed by atoms with Gasteiger partial charge < -0.3 is 10.6 Å². The third kappa shape index (κ3) is 8.19. The van der Waals surface area contributed by atoms with Gasteiger partial charge >= 0.3 is 0 Å². The smallest absolute Gasteiger partial charge is 0.221 e. The maximum Gasteiger partial charge on any atom is 0.221 e. The third-order valence-corrected chi connectivity index (χ3v) is 3.07. The predicted octanol–water partition coefficient (Wildman–Crippen LogP) is 2.42. The largest absolute Gasteiger partial charge is 0.354 e. The molecule has 3 heteroatoms. The van der Waals surface area contributed by atoms with Crippen LogP contribution < -0.4 is 10.6 Å². The molecule has 0 atom stereocenters. The van der Waals surface area contributed by atoms with E-state index in [2.05, 4.69) is 38.3 Å². The van der Waals surface area contributed by atoms with E-state index >= 15 is 0 Å². The number of hydrogen-bond donors (Lipinski definition) is 2. The Balaban J connectivity index is 3.72. The molecule has 0 heterocycles. The maximum atomic E-state index is 11.4. The number of hydrogen-bond acceptors (Lipinski definition) is 2. The summed E-state index contributed by atoms with van der Waals surface area (Å²) in [4.78, 5) is 11.4. The van der Waals surface area contributed by atoms with Crippen LogP contribution in [0.2, 0.25) is 0 Å². The normalized spacial score (nSPS) is 11.9. The van der Waals surface area contributed by atoms with Gasteiger partial charge in [0.1, 0.15) is 0 Å². The Bertz CT molecular complexity index is 204. The first-order valence-electron chi connectivity index (χ1n) is 6.84. The number of amides is 1. The van der Waals surface area contributed by atoms with Gasteiger partial charge in [0.2, 0.25) is 5.91 Å². The van der Waals surface area contributed by atoms with Gasteiger partial charge in [-0.05, 0) is 38.1 Å². The average molecular weight is 242 g/mol. The lowest BCUT2D eigenvalue weighted by molar-refractivity contribution is -0.121. The zero-order chi connectivity index (χ0) is 13.4. The fraction of sp³-hybridized carbons (Fsp3) is 0.929. The van der Waals surface area contributed by atoms with Crippen molar-refractivity contribution >= 4 is 5.91 Å². The fourth-order valence-corrected chi connectivity index (χ4v) is 2.11. The molecular weight excluding hydrogens is 212 g/mol. The molecule has 0 aliphatic heterocycles. The molecule has 102 valence electrons. The standard InChI is InChI=1S/C14H30N2O/c1-10(2)13(11(3)4)9-15-8-7-14(17)16-12(5)6/h10-13,15H,7-9H2,1-6H3,(H,16,17). The summed E-state index contributed by atoms with van der Waals surface area (Å²) in [5.74, 6) is 2.19. The van der Waals surface area contributed by atoms with Crippen LogP contribution in [-0.4, -0.2) is 25.0 Å². The highest BCUT2D eigenvalue weighted by atomic mass is 16.1. The van der Waals surface area contributed by atoms with Crippen molar-refractivity contribution in [2.45, 2.75) is 54.0 Å². The summed E-state index contributed by atoms with van der Waals surface area (Å²) < 4.78 is 0. The topological polar surface area (TPSA) is 41.1 Å². The summed E-state index contributed by atoms with van der Waals surface area (Å²) in [5, 5.41) is 6.29. The van der Waals surface area contributed by atoms with Crippen molar-refractivity contribution in [1.82, 2.24) is 10.6 Å². The van der Waals surface area contributed by atoms with Gasteiger partial charge in [-0.25, -0.2) is 0 Å². The number of rotatable bonds is 8. The zero-order valence-electron chi connectivity index (χ0n) is 12.3. The second kappa shape index (κ2) is 8.51. The highest BCUT2D eigenvalue weighted by Crippen LogP contribution is 2.19. The van der Waals surface area contributed by atoms with Gasteiger partial charge in [0.05, 0.1) is 0 Å². The molecule has 0 aromatic carbocycles. The highest BCUT2D eigenvalue weighted by Gasteiger charge is 2.16. The van der Waals surface area contributed by atoms with Gasteiger partial charge in [0.25, 0.3) is 0 Å². The molecule has 0 fully saturated rings. The van der Waals surface area contributed by atoms with E-state index in [1.807, 2.05) is 13.8 Å². The Morgan fingerprint density at radius 2 is 1.53 bits per heavy atom. The molecular formula is C14H30N2O. The minimum Gasteiger partial charge on any atom is -0.354 e. The van der Waals surface area contributed by atoms with Crippen LogP contribution in [0.15, 0.2) is 0 Å². The lowest BCUT2D eigenvalue weighted by atomic mass is 9.85. The number of carbonyl (C=O) groups is 1. The minimum absolute atomic E-state index is 0.137. The van der Waals surface area contributed by atoms with Crippen LogP contribution in [0.5, 0.6) is 0 Å². The number of carbonyl (C=O) groups excluding carboxylic acids is 1. The first-order valence-corrected chi connectivity index (χ1v) is 6.84. The average Bonchev–Trinajstić information content (AvgIpc) is 2.14. The molecule has 2 N–H and O–H groups in total. The lowest BCUT2D eigenvalue weighted by Gasteiger charge is -2.25. The van der Waals surface area contributed by atoms with Crippen molar-refractivity contribution in [2.75, 3.05) is 13.1 Å². The van der Waals surface area contributed by atoms with Crippen LogP contribution in [0.4, 0.5) is 0 Å². The van der Waals surface area contributed by atoms with E-state index < -0.39 is 0 Å². The summed E-state index contributed by atoms with van der Waals surface area (Å²) in [7, 11) is 0. The Morgan fingerprint density at radius 1 is 1.00 bits per heavy atom. The van der Waals surface area contributed by atoms with Crippen LogP contribution in [-0.2, 0) is 4.79 Å². The molecule has 1 amide bonds. The summed E-state index contributed by atoms with van der Waals surface area (Å²) in [6, 6.07) is 0.238. The predicted molar refractivity (Wildman–Crippen MR) is 73.9 cm³/mol. The minimum atomic E-state index is 0.137. The zero-order valence-corrected chi connectivity index (χ0v) is 12.3. The van der Waals surface area contributed by atoms with Crippen LogP contribution >= 0.6 is 0 Å². The van der Waals surface area contributed by atoms with E-state index in [-0.39, 0.29) is 11.9 Å². The van der Waals surface area contributed by atoms with Crippen LogP contribution in [0, 0.1) is 17.8 Å². The molecule has 0 aromatic heterocycles. The summed E-state index contributed by atoms with van der Waals surface area (Å²) in [6.07, 6.45) is 0.571. The van der Waals surface area contributed by atoms with Crippen molar-refractivity contribution in [3.05, 3.63) is 0 Å². The molecule has 0 aliphatic rings. The van der Waals surface area contributed by atoms with Crippen molar-refractivity contribution in [3.63, 3.8) is 0 Å². The quantitative estimate of drug-likeness (QED) is 0.642. The first-order chi connectivity index (χ1) is 7.84. The molecule has 0 aromatic rings. The van der Waals surface area contributed by atoms with Gasteiger partial charge in [0.15, 0.2) is 0 Å². The van der Waals surface area contributed by atoms with E-state index in [0.29, 0.717) is 24.2 Å². The molecule has 0 unspecified atom stereocenters. The third-order valence-electron chi connectivity index (χ3n) is 3.07. The van der Waals surface area contributed by atoms with E-state index in [1.54, 1.807) is 0 Å². The Morgan fingerprint density at radius 3 is 1.94 bits per heavy atom. The lowest BCUT2D eigenvalue weighted by Crippen LogP contribution is -2.35. The molecule has 0 saturated carbocycles. The summed E-state index contributed by atoms with van der Waals surface area (Å²) in [5.41, 5.74) is 0. The molecule has 0 spiro atoms. The summed E-state index contributed by atoms with van der Waals surface area (Å²) >= 11 is 0. The van der Waals surface area contributed by atoms with E-state index in [0.717, 1.165) is 13.1 Å². The van der Waals surface area contributed by atoms with Crippen molar-refractivity contribution in [1.29, 1.82) is 0 Å². The van der Waals surface area contributed by atoms with Gasteiger partial charge in [-0.3, -0.25) is 4.79 Å². The van der Waals surface area contributed by atoms with E-state index in [9.17, 15) is 4.79 Å². The molecule has 0 bridgehead atoms. The van der Waals surface area contributed by atoms with Gasteiger partial charge in [0, 0.05) is 19.0 Å². The van der Waals surface area contributed by atoms with Crippen LogP contribution in [0.1, 0.15) is 48.0 Å². The first kappa shape index (κ1) is 16.4. The molecule has 0 rings (SSSR count). The van der Waals surface area contributed by atoms with Crippen LogP contribution in [0.3, 0.4) is 0 Å². The van der Waals surface area contributed by atoms with Crippen molar-refractivity contribution in [3.8, 4) is 0 Å². The molecule has 0 saturated heterocycles. The number of nitrogens with one attached hydrogen (secondary N) is 2. The molecule has 0 aliphatic carbocycles. The fourth-order valence-electron chi connectivity index (χ4n) is 2.11. The molecule has 3 nitrogen and oxygen atoms in total. The SMILES string of the molecule is CC(C)NC(=O)CCNCC(C(C)C)C(C)C. The van der Waals surface area contributed by atoms with E-state index in [4.69, 9.17) is 0 Å². The second-order valence-electron chi connectivity index (χ2n) is 5.83. The summed E-state index contributed by atoms with van der Waals surface area (Å²) in [6.45, 7) is 14.8. The van der Waals surface area contributed by atoms with Crippen molar-refractivity contribution in [2.24, 2.45) is 17.8 Å². The highest BCUT2D eigenvalue weighted by molar-refractivity contribution is 5.76. The Kier molecular flexibility index (Phi) is 8.23. The van der Waals surface area contributed by atoms with Crippen LogP contribution in [0.25, 0.3) is 0 Å². The van der Waals surface area contributed by atoms with Gasteiger partial charge in [-0.15, -0.1) is 0 Å². The maximum absolute atomic E-state index is 11.4. The monoisotopic (exact) mass is 242 g/mol. The van der Waals surface area contributed by atoms with Gasteiger partial charge in [-0.1, -0.05) is 27.7 Å². The van der Waals surface area contributed by atoms with Crippen molar-refractivity contribution < 1.29 is 4.79 Å². The molecule has 0 radical (unpaired) electrons. The second-order valence-corrected chi connectivity index (χ2v) is 5.83. The van der Waals surface area contributed by atoms with Gasteiger partial charge in [-0.2, -0.15) is 0 Å². The Hall–Kier alpha value is -0.570. The Labute approximate surface area is 107 Å².